The van der Waals surface area contributed by atoms with Crippen molar-refractivity contribution in [1.29, 1.82) is 0 Å². The number of carbonyl (C=O) groups is 2. The molecule has 0 radical (unpaired) electrons. The molecule has 1 heterocycles. The number of rotatable bonds is 4. The summed E-state index contributed by atoms with van der Waals surface area (Å²) in [7, 11) is 1.35. The molecule has 1 saturated heterocycles. The van der Waals surface area contributed by atoms with E-state index >= 15 is 0 Å². The van der Waals surface area contributed by atoms with Gasteiger partial charge in [0, 0.05) is 19.0 Å². The van der Waals surface area contributed by atoms with Crippen molar-refractivity contribution >= 4 is 12.1 Å². The van der Waals surface area contributed by atoms with Gasteiger partial charge in [-0.1, -0.05) is 0 Å². The van der Waals surface area contributed by atoms with Crippen LogP contribution < -0.4 is 4.74 Å². The predicted molar refractivity (Wildman–Crippen MR) is 93.8 cm³/mol. The number of amides is 1. The van der Waals surface area contributed by atoms with Crippen LogP contribution in [-0.2, 0) is 9.47 Å². The van der Waals surface area contributed by atoms with Crippen molar-refractivity contribution in [1.82, 2.24) is 4.90 Å². The number of likely N-dealkylation sites (tertiary alicyclic amines) is 1. The quantitative estimate of drug-likeness (QED) is 0.779. The van der Waals surface area contributed by atoms with Crippen LogP contribution in [0.15, 0.2) is 24.3 Å². The van der Waals surface area contributed by atoms with Crippen molar-refractivity contribution in [2.24, 2.45) is 5.92 Å². The molecular weight excluding hydrogens is 322 g/mol. The molecule has 0 bridgehead atoms. The summed E-state index contributed by atoms with van der Waals surface area (Å²) in [6.07, 6.45) is 1.69. The summed E-state index contributed by atoms with van der Waals surface area (Å²) in [6.45, 7) is 7.49. The molecule has 0 aliphatic carbocycles. The molecule has 6 nitrogen and oxygen atoms in total. The molecule has 2 rings (SSSR count). The predicted octanol–water partition coefficient (Wildman–Crippen LogP) is 3.50. The van der Waals surface area contributed by atoms with Crippen molar-refractivity contribution in [3.8, 4) is 5.75 Å². The van der Waals surface area contributed by atoms with Crippen LogP contribution in [0.1, 0.15) is 44.0 Å². The van der Waals surface area contributed by atoms with Gasteiger partial charge in [0.25, 0.3) is 0 Å². The van der Waals surface area contributed by atoms with Crippen LogP contribution in [-0.4, -0.2) is 49.4 Å². The van der Waals surface area contributed by atoms with Gasteiger partial charge in [-0.2, -0.15) is 0 Å². The van der Waals surface area contributed by atoms with Crippen LogP contribution in [0, 0.1) is 5.92 Å². The zero-order valence-electron chi connectivity index (χ0n) is 15.4. The van der Waals surface area contributed by atoms with E-state index in [0.717, 1.165) is 19.4 Å². The molecule has 0 saturated carbocycles. The first kappa shape index (κ1) is 19.1. The minimum Gasteiger partial charge on any atom is -0.493 e. The van der Waals surface area contributed by atoms with E-state index in [-0.39, 0.29) is 18.0 Å². The zero-order valence-corrected chi connectivity index (χ0v) is 15.4. The van der Waals surface area contributed by atoms with Gasteiger partial charge in [0.2, 0.25) is 0 Å². The monoisotopic (exact) mass is 349 g/mol. The van der Waals surface area contributed by atoms with E-state index in [1.165, 1.54) is 7.11 Å². The largest absolute Gasteiger partial charge is 0.493 e. The highest BCUT2D eigenvalue weighted by atomic mass is 16.6. The first-order valence-electron chi connectivity index (χ1n) is 8.57. The van der Waals surface area contributed by atoms with Gasteiger partial charge in [-0.15, -0.1) is 0 Å². The van der Waals surface area contributed by atoms with E-state index in [1.807, 2.05) is 20.8 Å². The molecule has 138 valence electrons. The molecule has 1 aliphatic heterocycles. The van der Waals surface area contributed by atoms with Crippen LogP contribution in [0.3, 0.4) is 0 Å². The Hall–Kier alpha value is -2.24. The number of esters is 1. The maximum absolute atomic E-state index is 12.2. The number of ether oxygens (including phenoxy) is 3. The second kappa shape index (κ2) is 8.23. The fourth-order valence-electron chi connectivity index (χ4n) is 2.71. The molecule has 0 aromatic heterocycles. The van der Waals surface area contributed by atoms with E-state index in [0.29, 0.717) is 24.5 Å². The molecule has 1 fully saturated rings. The molecule has 6 heteroatoms. The Balaban J connectivity index is 1.84. The molecular formula is C19H27NO5. The molecule has 1 atom stereocenters. The molecule has 1 amide bonds. The number of hydrogen-bond donors (Lipinski definition) is 0. The fraction of sp³-hybridized carbons (Fsp3) is 0.579. The van der Waals surface area contributed by atoms with Crippen LogP contribution in [0.5, 0.6) is 5.75 Å². The third-order valence-corrected chi connectivity index (χ3v) is 3.93. The molecule has 1 aromatic rings. The van der Waals surface area contributed by atoms with Gasteiger partial charge < -0.3 is 19.1 Å². The molecule has 0 spiro atoms. The Labute approximate surface area is 149 Å². The highest BCUT2D eigenvalue weighted by Crippen LogP contribution is 2.21. The maximum atomic E-state index is 12.2. The number of carbonyl (C=O) groups excluding carboxylic acids is 2. The van der Waals surface area contributed by atoms with Crippen LogP contribution in [0.4, 0.5) is 4.79 Å². The topological polar surface area (TPSA) is 65.1 Å². The van der Waals surface area contributed by atoms with E-state index in [1.54, 1.807) is 29.2 Å². The van der Waals surface area contributed by atoms with Crippen molar-refractivity contribution < 1.29 is 23.8 Å². The number of hydrogen-bond acceptors (Lipinski definition) is 5. The van der Waals surface area contributed by atoms with Gasteiger partial charge in [0.05, 0.1) is 19.3 Å². The molecule has 0 N–H and O–H groups in total. The highest BCUT2D eigenvalue weighted by molar-refractivity contribution is 5.89. The highest BCUT2D eigenvalue weighted by Gasteiger charge is 2.27. The summed E-state index contributed by atoms with van der Waals surface area (Å²) in [5, 5.41) is 0. The molecule has 1 aliphatic rings. The van der Waals surface area contributed by atoms with E-state index in [4.69, 9.17) is 9.47 Å². The lowest BCUT2D eigenvalue weighted by atomic mass is 9.99. The van der Waals surface area contributed by atoms with Gasteiger partial charge in [-0.05, 0) is 57.9 Å². The molecule has 0 unspecified atom stereocenters. The standard InChI is InChI=1S/C19H27NO5/c1-19(2,3)25-18(22)20-11-5-6-14(12-20)13-24-16-9-7-15(8-10-16)17(21)23-4/h7-10,14H,5-6,11-13H2,1-4H3/t14-/m0/s1. The first-order valence-corrected chi connectivity index (χ1v) is 8.57. The van der Waals surface area contributed by atoms with E-state index < -0.39 is 5.60 Å². The smallest absolute Gasteiger partial charge is 0.410 e. The summed E-state index contributed by atoms with van der Waals surface area (Å²) in [4.78, 5) is 25.4. The fourth-order valence-corrected chi connectivity index (χ4v) is 2.71. The van der Waals surface area contributed by atoms with Crippen molar-refractivity contribution in [3.63, 3.8) is 0 Å². The zero-order chi connectivity index (χ0) is 18.4. The second-order valence-electron chi connectivity index (χ2n) is 7.26. The number of nitrogens with zero attached hydrogens (tertiary/aromatic N) is 1. The Morgan fingerprint density at radius 1 is 1.20 bits per heavy atom. The minimum absolute atomic E-state index is 0.264. The summed E-state index contributed by atoms with van der Waals surface area (Å²) >= 11 is 0. The third kappa shape index (κ3) is 5.96. The SMILES string of the molecule is COC(=O)c1ccc(OC[C@H]2CCCN(C(=O)OC(C)(C)C)C2)cc1. The van der Waals surface area contributed by atoms with Gasteiger partial charge >= 0.3 is 12.1 Å². The van der Waals surface area contributed by atoms with Gasteiger partial charge in [-0.3, -0.25) is 0 Å². The second-order valence-corrected chi connectivity index (χ2v) is 7.26. The maximum Gasteiger partial charge on any atom is 0.410 e. The summed E-state index contributed by atoms with van der Waals surface area (Å²) in [6, 6.07) is 6.85. The number of piperidine rings is 1. The van der Waals surface area contributed by atoms with Gasteiger partial charge in [0.1, 0.15) is 11.4 Å². The first-order chi connectivity index (χ1) is 11.8. The lowest BCUT2D eigenvalue weighted by molar-refractivity contribution is 0.0139. The molecule has 25 heavy (non-hydrogen) atoms. The van der Waals surface area contributed by atoms with E-state index in [9.17, 15) is 9.59 Å². The van der Waals surface area contributed by atoms with Crippen molar-refractivity contribution in [2.75, 3.05) is 26.8 Å². The average molecular weight is 349 g/mol. The average Bonchev–Trinajstić information content (AvgIpc) is 2.58. The third-order valence-electron chi connectivity index (χ3n) is 3.93. The minimum atomic E-state index is -0.484. The van der Waals surface area contributed by atoms with Crippen LogP contribution >= 0.6 is 0 Å². The van der Waals surface area contributed by atoms with Crippen LogP contribution in [0.25, 0.3) is 0 Å². The summed E-state index contributed by atoms with van der Waals surface area (Å²) < 4.78 is 15.9. The van der Waals surface area contributed by atoms with Crippen molar-refractivity contribution in [2.45, 2.75) is 39.2 Å². The van der Waals surface area contributed by atoms with Crippen LogP contribution in [0.2, 0.25) is 0 Å². The number of methoxy groups -OCH3 is 1. The van der Waals surface area contributed by atoms with Crippen molar-refractivity contribution in [3.05, 3.63) is 29.8 Å². The van der Waals surface area contributed by atoms with Gasteiger partial charge in [0.15, 0.2) is 0 Å². The lowest BCUT2D eigenvalue weighted by Gasteiger charge is -2.34. The Morgan fingerprint density at radius 3 is 2.48 bits per heavy atom. The number of benzene rings is 1. The summed E-state index contributed by atoms with van der Waals surface area (Å²) in [5.74, 6) is 0.593. The Kier molecular flexibility index (Phi) is 6.28. The molecule has 1 aromatic carbocycles. The summed E-state index contributed by atoms with van der Waals surface area (Å²) in [5.41, 5.74) is 0.00525. The Bertz CT molecular complexity index is 591. The van der Waals surface area contributed by atoms with E-state index in [2.05, 4.69) is 4.74 Å². The normalized spacial score (nSPS) is 17.8. The Morgan fingerprint density at radius 2 is 1.88 bits per heavy atom. The lowest BCUT2D eigenvalue weighted by Crippen LogP contribution is -2.44. The van der Waals surface area contributed by atoms with Gasteiger partial charge in [-0.25, -0.2) is 9.59 Å².